The number of nitrogens with zero attached hydrogens (tertiary/aromatic N) is 3. The molecular weight excluding hydrogens is 498 g/mol. The number of hydrogen-bond donors (Lipinski definition) is 0. The first kappa shape index (κ1) is 27.6. The molecule has 1 atom stereocenters. The molecule has 0 radical (unpaired) electrons. The number of piperidine rings is 1. The average molecular weight is 536 g/mol. The van der Waals surface area contributed by atoms with Crippen LogP contribution in [-0.4, -0.2) is 66.0 Å². The number of ether oxygens (including phenoxy) is 2. The van der Waals surface area contributed by atoms with Gasteiger partial charge in [0.05, 0.1) is 18.2 Å². The maximum absolute atomic E-state index is 13.2. The van der Waals surface area contributed by atoms with E-state index in [4.69, 9.17) is 14.5 Å². The van der Waals surface area contributed by atoms with Gasteiger partial charge in [-0.05, 0) is 75.9 Å². The molecule has 0 N–H and O–H groups in total. The minimum atomic E-state index is -0.0765. The summed E-state index contributed by atoms with van der Waals surface area (Å²) in [5, 5.41) is 2.84. The Morgan fingerprint density at radius 3 is 2.42 bits per heavy atom. The average Bonchev–Trinajstić information content (AvgIpc) is 3.43. The number of carbonyl (C=O) groups excluding carboxylic acids is 2. The highest BCUT2D eigenvalue weighted by atomic mass is 32.1. The summed E-state index contributed by atoms with van der Waals surface area (Å²) in [6.07, 6.45) is 2.46. The summed E-state index contributed by atoms with van der Waals surface area (Å²) in [5.74, 6) is 1.82. The second kappa shape index (κ2) is 12.4. The highest BCUT2D eigenvalue weighted by Crippen LogP contribution is 2.31. The SMILES string of the molecule is COc1ccccc1CC(C)N(C)C(=O)c1csc(C2CCN(C(=O)c3ccc(OC(C)C)cc3)CC2)n1. The van der Waals surface area contributed by atoms with Gasteiger partial charge in [-0.25, -0.2) is 4.98 Å². The summed E-state index contributed by atoms with van der Waals surface area (Å²) in [4.78, 5) is 34.6. The van der Waals surface area contributed by atoms with Crippen LogP contribution in [0.25, 0.3) is 0 Å². The topological polar surface area (TPSA) is 72.0 Å². The maximum Gasteiger partial charge on any atom is 0.273 e. The van der Waals surface area contributed by atoms with E-state index in [1.54, 1.807) is 12.0 Å². The molecule has 1 aromatic heterocycles. The van der Waals surface area contributed by atoms with Crippen LogP contribution in [0.4, 0.5) is 0 Å². The number of hydrogen-bond acceptors (Lipinski definition) is 6. The molecule has 1 unspecified atom stereocenters. The number of benzene rings is 2. The highest BCUT2D eigenvalue weighted by molar-refractivity contribution is 7.09. The fourth-order valence-corrected chi connectivity index (χ4v) is 5.71. The summed E-state index contributed by atoms with van der Waals surface area (Å²) in [7, 11) is 3.49. The number of rotatable bonds is 9. The third kappa shape index (κ3) is 6.54. The molecule has 2 heterocycles. The third-order valence-corrected chi connectivity index (χ3v) is 8.04. The Morgan fingerprint density at radius 1 is 1.08 bits per heavy atom. The van der Waals surface area contributed by atoms with Crippen molar-refractivity contribution >= 4 is 23.2 Å². The van der Waals surface area contributed by atoms with E-state index in [1.165, 1.54) is 11.3 Å². The minimum Gasteiger partial charge on any atom is -0.496 e. The van der Waals surface area contributed by atoms with Gasteiger partial charge >= 0.3 is 0 Å². The van der Waals surface area contributed by atoms with Crippen LogP contribution in [0.2, 0.25) is 0 Å². The van der Waals surface area contributed by atoms with E-state index in [2.05, 4.69) is 0 Å². The second-order valence-electron chi connectivity index (χ2n) is 10.1. The molecule has 0 spiro atoms. The van der Waals surface area contributed by atoms with E-state index >= 15 is 0 Å². The van der Waals surface area contributed by atoms with Crippen LogP contribution in [0.5, 0.6) is 11.5 Å². The quantitative estimate of drug-likeness (QED) is 0.353. The fraction of sp³-hybridized carbons (Fsp3) is 0.433. The van der Waals surface area contributed by atoms with Gasteiger partial charge in [0.15, 0.2) is 0 Å². The summed E-state index contributed by atoms with van der Waals surface area (Å²) >= 11 is 1.54. The Hall–Kier alpha value is -3.39. The van der Waals surface area contributed by atoms with Gasteiger partial charge in [0, 0.05) is 43.0 Å². The molecule has 7 nitrogen and oxygen atoms in total. The summed E-state index contributed by atoms with van der Waals surface area (Å²) in [6, 6.07) is 15.2. The van der Waals surface area contributed by atoms with Crippen molar-refractivity contribution < 1.29 is 19.1 Å². The number of likely N-dealkylation sites (N-methyl/N-ethyl adjacent to an activating group) is 1. The molecular formula is C30H37N3O4S. The summed E-state index contributed by atoms with van der Waals surface area (Å²) in [6.45, 7) is 7.34. The van der Waals surface area contributed by atoms with E-state index in [1.807, 2.05) is 86.6 Å². The van der Waals surface area contributed by atoms with Gasteiger partial charge in [-0.3, -0.25) is 9.59 Å². The van der Waals surface area contributed by atoms with Crippen molar-refractivity contribution in [1.29, 1.82) is 0 Å². The Balaban J connectivity index is 1.32. The van der Waals surface area contributed by atoms with Gasteiger partial charge in [0.2, 0.25) is 0 Å². The van der Waals surface area contributed by atoms with Gasteiger partial charge in [-0.1, -0.05) is 18.2 Å². The number of likely N-dealkylation sites (tertiary alicyclic amines) is 1. The first-order valence-corrected chi connectivity index (χ1v) is 14.0. The lowest BCUT2D eigenvalue weighted by molar-refractivity contribution is 0.0712. The van der Waals surface area contributed by atoms with Crippen LogP contribution >= 0.6 is 11.3 Å². The molecule has 1 fully saturated rings. The van der Waals surface area contributed by atoms with E-state index in [9.17, 15) is 9.59 Å². The number of methoxy groups -OCH3 is 1. The zero-order valence-electron chi connectivity index (χ0n) is 22.8. The van der Waals surface area contributed by atoms with Crippen molar-refractivity contribution in [1.82, 2.24) is 14.8 Å². The molecule has 1 aliphatic rings. The lowest BCUT2D eigenvalue weighted by atomic mass is 9.97. The van der Waals surface area contributed by atoms with Gasteiger partial charge in [0.25, 0.3) is 11.8 Å². The maximum atomic E-state index is 13.2. The lowest BCUT2D eigenvalue weighted by Gasteiger charge is -2.31. The Bertz CT molecular complexity index is 1230. The summed E-state index contributed by atoms with van der Waals surface area (Å²) < 4.78 is 11.1. The zero-order valence-corrected chi connectivity index (χ0v) is 23.7. The van der Waals surface area contributed by atoms with Crippen molar-refractivity contribution in [2.75, 3.05) is 27.2 Å². The van der Waals surface area contributed by atoms with E-state index in [-0.39, 0.29) is 29.9 Å². The molecule has 1 aliphatic heterocycles. The third-order valence-electron chi connectivity index (χ3n) is 7.03. The van der Waals surface area contributed by atoms with Crippen LogP contribution in [-0.2, 0) is 6.42 Å². The summed E-state index contributed by atoms with van der Waals surface area (Å²) in [5.41, 5.74) is 2.23. The first-order valence-electron chi connectivity index (χ1n) is 13.2. The second-order valence-corrected chi connectivity index (χ2v) is 11.0. The van der Waals surface area contributed by atoms with Crippen molar-refractivity contribution in [2.45, 2.75) is 58.1 Å². The van der Waals surface area contributed by atoms with Crippen molar-refractivity contribution in [2.24, 2.45) is 0 Å². The van der Waals surface area contributed by atoms with Crippen LogP contribution in [0.3, 0.4) is 0 Å². The number of carbonyl (C=O) groups is 2. The Kier molecular flexibility index (Phi) is 9.05. The van der Waals surface area contributed by atoms with Gasteiger partial charge in [-0.2, -0.15) is 0 Å². The molecule has 38 heavy (non-hydrogen) atoms. The largest absolute Gasteiger partial charge is 0.496 e. The molecule has 0 saturated carbocycles. The number of para-hydroxylation sites is 1. The van der Waals surface area contributed by atoms with Crippen molar-refractivity contribution in [3.8, 4) is 11.5 Å². The van der Waals surface area contributed by atoms with E-state index in [0.717, 1.165) is 34.9 Å². The van der Waals surface area contributed by atoms with Crippen LogP contribution in [0.1, 0.15) is 70.9 Å². The van der Waals surface area contributed by atoms with Gasteiger partial charge < -0.3 is 19.3 Å². The monoisotopic (exact) mass is 535 g/mol. The highest BCUT2D eigenvalue weighted by Gasteiger charge is 2.28. The minimum absolute atomic E-state index is 0.01000. The number of thiazole rings is 1. The van der Waals surface area contributed by atoms with Gasteiger partial charge in [0.1, 0.15) is 17.2 Å². The van der Waals surface area contributed by atoms with E-state index in [0.29, 0.717) is 30.8 Å². The molecule has 0 bridgehead atoms. The standard InChI is InChI=1S/C30H37N3O4S/c1-20(2)37-25-12-10-23(11-13-25)29(34)33-16-14-22(15-17-33)28-31-26(19-38-28)30(35)32(4)21(3)18-24-8-6-7-9-27(24)36-5/h6-13,19-22H,14-18H2,1-5H3. The van der Waals surface area contributed by atoms with E-state index < -0.39 is 0 Å². The molecule has 3 aromatic rings. The molecule has 0 aliphatic carbocycles. The Labute approximate surface area is 229 Å². The van der Waals surface area contributed by atoms with Gasteiger partial charge in [-0.15, -0.1) is 11.3 Å². The van der Waals surface area contributed by atoms with Crippen LogP contribution in [0.15, 0.2) is 53.9 Å². The molecule has 2 amide bonds. The molecule has 8 heteroatoms. The molecule has 1 saturated heterocycles. The predicted octanol–water partition coefficient (Wildman–Crippen LogP) is 5.66. The zero-order chi connectivity index (χ0) is 27.2. The molecule has 2 aromatic carbocycles. The first-order chi connectivity index (χ1) is 18.3. The number of aromatic nitrogens is 1. The van der Waals surface area contributed by atoms with Crippen LogP contribution in [0, 0.1) is 0 Å². The molecule has 202 valence electrons. The fourth-order valence-electron chi connectivity index (χ4n) is 4.74. The van der Waals surface area contributed by atoms with Crippen molar-refractivity contribution in [3.63, 3.8) is 0 Å². The molecule has 4 rings (SSSR count). The van der Waals surface area contributed by atoms with Crippen molar-refractivity contribution in [3.05, 3.63) is 75.7 Å². The normalized spacial score (nSPS) is 14.8. The smallest absolute Gasteiger partial charge is 0.273 e. The number of amides is 2. The lowest BCUT2D eigenvalue weighted by Crippen LogP contribution is -2.38. The predicted molar refractivity (Wildman–Crippen MR) is 150 cm³/mol. The van der Waals surface area contributed by atoms with Crippen LogP contribution < -0.4 is 9.47 Å². The Morgan fingerprint density at radius 2 is 1.76 bits per heavy atom.